The van der Waals surface area contributed by atoms with Crippen molar-refractivity contribution < 1.29 is 9.47 Å². The van der Waals surface area contributed by atoms with E-state index >= 15 is 0 Å². The summed E-state index contributed by atoms with van der Waals surface area (Å²) in [6.07, 6.45) is 17.3. The zero-order valence-electron chi connectivity index (χ0n) is 25.9. The fourth-order valence-corrected chi connectivity index (χ4v) is 6.40. The predicted octanol–water partition coefficient (Wildman–Crippen LogP) is 7.73. The second-order valence-corrected chi connectivity index (χ2v) is 11.7. The van der Waals surface area contributed by atoms with Gasteiger partial charge in [-0.25, -0.2) is 0 Å². The van der Waals surface area contributed by atoms with Gasteiger partial charge >= 0.3 is 0 Å². The van der Waals surface area contributed by atoms with E-state index in [2.05, 4.69) is 72.2 Å². The average molecular weight is 616 g/mol. The topological polar surface area (TPSA) is 24.9 Å². The molecule has 0 amide bonds. The van der Waals surface area contributed by atoms with Crippen LogP contribution in [0.25, 0.3) is 33.7 Å². The Hall–Kier alpha value is -1.98. The van der Waals surface area contributed by atoms with Crippen LogP contribution in [0.1, 0.15) is 78.1 Å². The van der Waals surface area contributed by atoms with Crippen LogP contribution in [0.2, 0.25) is 0 Å². The van der Waals surface area contributed by atoms with Gasteiger partial charge in [0.05, 0.1) is 0 Å². The number of piperidine rings is 2. The number of likely N-dealkylation sites (tertiary alicyclic amines) is 2. The molecule has 2 fully saturated rings. The van der Waals surface area contributed by atoms with E-state index in [4.69, 9.17) is 9.47 Å². The number of hydrogen-bond donors (Lipinski definition) is 0. The van der Waals surface area contributed by atoms with Crippen LogP contribution in [0.5, 0.6) is 11.5 Å². The summed E-state index contributed by atoms with van der Waals surface area (Å²) in [6.45, 7) is 12.9. The van der Waals surface area contributed by atoms with Crippen molar-refractivity contribution >= 4 is 58.5 Å². The van der Waals surface area contributed by atoms with Crippen molar-refractivity contribution in [3.8, 4) is 11.5 Å². The summed E-state index contributed by atoms with van der Waals surface area (Å²) in [4.78, 5) is 5.09. The summed E-state index contributed by atoms with van der Waals surface area (Å²) >= 11 is 0. The fraction of sp³-hybridized carbons (Fsp3) is 0.556. The molecule has 2 saturated heterocycles. The molecule has 4 nitrogen and oxygen atoms in total. The van der Waals surface area contributed by atoms with Crippen LogP contribution < -0.4 is 19.9 Å². The number of benzene rings is 3. The molecule has 6 heteroatoms. The summed E-state index contributed by atoms with van der Waals surface area (Å²) in [5.41, 5.74) is 0. The third-order valence-electron chi connectivity index (χ3n) is 8.67. The van der Waals surface area contributed by atoms with Crippen molar-refractivity contribution in [3.63, 3.8) is 0 Å². The number of nitrogens with zero attached hydrogens (tertiary/aromatic N) is 2. The molecule has 0 atom stereocenters. The normalized spacial score (nSPS) is 17.3. The first kappa shape index (κ1) is 34.5. The minimum absolute atomic E-state index is 0. The minimum atomic E-state index is 0. The summed E-state index contributed by atoms with van der Waals surface area (Å²) in [6, 6.07) is 13.5. The van der Waals surface area contributed by atoms with Gasteiger partial charge in [-0.2, -0.15) is 0 Å². The van der Waals surface area contributed by atoms with E-state index in [-0.39, 0.29) is 24.8 Å². The molecule has 0 radical (unpaired) electrons. The van der Waals surface area contributed by atoms with E-state index in [0.29, 0.717) is 0 Å². The smallest absolute Gasteiger partial charge is 0.120 e. The molecule has 0 spiro atoms. The summed E-state index contributed by atoms with van der Waals surface area (Å²) in [5.74, 6) is 1.96. The average Bonchev–Trinajstić information content (AvgIpc) is 3.00. The molecule has 0 aromatic heterocycles. The zero-order valence-corrected chi connectivity index (χ0v) is 27.5. The lowest BCUT2D eigenvalue weighted by molar-refractivity contribution is 0.183. The SMILES string of the molecule is CCCC=c1c2ccc(OCCN3CCCCC3)cc2c(=CCCC)c2ccc(OCCN3CCCCC3)cc12.Cl.Cl. The van der Waals surface area contributed by atoms with Crippen LogP contribution >= 0.6 is 24.8 Å². The molecule has 42 heavy (non-hydrogen) atoms. The summed E-state index contributed by atoms with van der Waals surface area (Å²) < 4.78 is 12.7. The number of fused-ring (bicyclic) bond motifs is 2. The van der Waals surface area contributed by atoms with Gasteiger partial charge < -0.3 is 9.47 Å². The van der Waals surface area contributed by atoms with Gasteiger partial charge in [0.2, 0.25) is 0 Å². The highest BCUT2D eigenvalue weighted by atomic mass is 35.5. The second-order valence-electron chi connectivity index (χ2n) is 11.7. The lowest BCUT2D eigenvalue weighted by Crippen LogP contribution is -2.33. The van der Waals surface area contributed by atoms with Crippen LogP contribution in [0.4, 0.5) is 0 Å². The molecule has 5 rings (SSSR count). The van der Waals surface area contributed by atoms with Crippen LogP contribution in [0.3, 0.4) is 0 Å². The van der Waals surface area contributed by atoms with E-state index in [9.17, 15) is 0 Å². The maximum absolute atomic E-state index is 6.33. The molecule has 3 aromatic rings. The lowest BCUT2D eigenvalue weighted by atomic mass is 9.95. The summed E-state index contributed by atoms with van der Waals surface area (Å²) in [7, 11) is 0. The first-order valence-electron chi connectivity index (χ1n) is 16.2. The number of rotatable bonds is 12. The Morgan fingerprint density at radius 3 is 1.36 bits per heavy atom. The molecule has 0 aliphatic carbocycles. The van der Waals surface area contributed by atoms with E-state index in [1.807, 2.05) is 0 Å². The van der Waals surface area contributed by atoms with Crippen molar-refractivity contribution in [3.05, 3.63) is 46.8 Å². The van der Waals surface area contributed by atoms with Gasteiger partial charge in [0, 0.05) is 13.1 Å². The van der Waals surface area contributed by atoms with Gasteiger partial charge in [-0.3, -0.25) is 9.80 Å². The number of unbranched alkanes of at least 4 members (excludes halogenated alkanes) is 2. The van der Waals surface area contributed by atoms with E-state index in [1.54, 1.807) is 0 Å². The van der Waals surface area contributed by atoms with E-state index < -0.39 is 0 Å². The molecule has 0 saturated carbocycles. The third kappa shape index (κ3) is 9.02. The van der Waals surface area contributed by atoms with Crippen molar-refractivity contribution in [2.24, 2.45) is 0 Å². The fourth-order valence-electron chi connectivity index (χ4n) is 6.40. The van der Waals surface area contributed by atoms with Crippen LogP contribution in [-0.2, 0) is 0 Å². The Morgan fingerprint density at radius 1 is 0.571 bits per heavy atom. The van der Waals surface area contributed by atoms with Crippen LogP contribution in [0.15, 0.2) is 36.4 Å². The first-order chi connectivity index (χ1) is 19.8. The highest BCUT2D eigenvalue weighted by molar-refractivity contribution is 6.01. The first-order valence-corrected chi connectivity index (χ1v) is 16.2. The van der Waals surface area contributed by atoms with Gasteiger partial charge in [-0.05, 0) is 121 Å². The maximum atomic E-state index is 6.33. The largest absolute Gasteiger partial charge is 0.492 e. The molecule has 2 aliphatic rings. The molecule has 2 aliphatic heterocycles. The van der Waals surface area contributed by atoms with Crippen molar-refractivity contribution in [1.29, 1.82) is 0 Å². The quantitative estimate of drug-likeness (QED) is 0.195. The van der Waals surface area contributed by atoms with Crippen molar-refractivity contribution in [2.75, 3.05) is 52.5 Å². The van der Waals surface area contributed by atoms with Crippen LogP contribution in [-0.4, -0.2) is 62.3 Å². The minimum Gasteiger partial charge on any atom is -0.492 e. The maximum Gasteiger partial charge on any atom is 0.120 e. The Kier molecular flexibility index (Phi) is 14.8. The monoisotopic (exact) mass is 614 g/mol. The molecule has 232 valence electrons. The highest BCUT2D eigenvalue weighted by Gasteiger charge is 2.13. The Labute approximate surface area is 265 Å². The second kappa shape index (κ2) is 18.0. The standard InChI is InChI=1S/C36H50N2O2.2ClH/c1-3-5-13-31-33-17-15-30(40-26-24-38-21-11-8-12-22-38)28-36(33)32(14-6-4-2)34-18-16-29(27-35(31)34)39-25-23-37-19-9-7-10-20-37;;/h13-18,27-28H,3-12,19-26H2,1-2H3;2*1H. The predicted molar refractivity (Wildman–Crippen MR) is 186 cm³/mol. The summed E-state index contributed by atoms with van der Waals surface area (Å²) in [5, 5.41) is 7.91. The number of hydrogen-bond acceptors (Lipinski definition) is 4. The number of ether oxygens (including phenoxy) is 2. The van der Waals surface area contributed by atoms with Gasteiger partial charge in [-0.1, -0.05) is 63.8 Å². The molecule has 0 N–H and O–H groups in total. The van der Waals surface area contributed by atoms with Gasteiger partial charge in [0.25, 0.3) is 0 Å². The Balaban J connectivity index is 0.00000242. The molecule has 0 unspecified atom stereocenters. The van der Waals surface area contributed by atoms with Gasteiger partial charge in [-0.15, -0.1) is 24.8 Å². The molecule has 2 heterocycles. The molecular weight excluding hydrogens is 563 g/mol. The molecular formula is C36H52Cl2N2O2. The molecule has 3 aromatic carbocycles. The Morgan fingerprint density at radius 2 is 0.976 bits per heavy atom. The number of halogens is 2. The van der Waals surface area contributed by atoms with Crippen molar-refractivity contribution in [1.82, 2.24) is 9.80 Å². The third-order valence-corrected chi connectivity index (χ3v) is 8.67. The zero-order chi connectivity index (χ0) is 27.6. The molecule has 0 bridgehead atoms. The van der Waals surface area contributed by atoms with Gasteiger partial charge in [0.1, 0.15) is 24.7 Å². The van der Waals surface area contributed by atoms with Gasteiger partial charge in [0.15, 0.2) is 0 Å². The highest BCUT2D eigenvalue weighted by Crippen LogP contribution is 2.24. The van der Waals surface area contributed by atoms with Crippen molar-refractivity contribution in [2.45, 2.75) is 78.1 Å². The lowest BCUT2D eigenvalue weighted by Gasteiger charge is -2.26. The van der Waals surface area contributed by atoms with E-state index in [0.717, 1.165) is 63.5 Å². The Bertz CT molecular complexity index is 1260. The van der Waals surface area contributed by atoms with E-state index in [1.165, 1.54) is 96.7 Å². The van der Waals surface area contributed by atoms with Crippen LogP contribution in [0, 0.1) is 0 Å².